The molecule has 0 amide bonds. The van der Waals surface area contributed by atoms with Crippen molar-refractivity contribution in [2.24, 2.45) is 5.10 Å². The van der Waals surface area contributed by atoms with Crippen LogP contribution in [0.1, 0.15) is 11.1 Å². The molecule has 2 aromatic rings. The van der Waals surface area contributed by atoms with Gasteiger partial charge in [-0.2, -0.15) is 13.5 Å². The first-order valence-electron chi connectivity index (χ1n) is 6.84. The Bertz CT molecular complexity index is 983. The minimum Gasteiger partial charge on any atom is -0.383 e. The van der Waals surface area contributed by atoms with E-state index < -0.39 is 20.1 Å². The summed E-state index contributed by atoms with van der Waals surface area (Å²) < 4.78 is 49.8. The molecule has 134 valence electrons. The van der Waals surface area contributed by atoms with E-state index in [1.54, 1.807) is 36.4 Å². The van der Waals surface area contributed by atoms with Gasteiger partial charge < -0.3 is 4.18 Å². The fourth-order valence-corrected chi connectivity index (χ4v) is 2.72. The second-order valence-corrected chi connectivity index (χ2v) is 8.88. The van der Waals surface area contributed by atoms with Gasteiger partial charge in [-0.05, 0) is 36.4 Å². The van der Waals surface area contributed by atoms with Crippen LogP contribution >= 0.6 is 11.6 Å². The number of hydrazone groups is 1. The Kier molecular flexibility index (Phi) is 5.71. The first-order chi connectivity index (χ1) is 11.5. The fourth-order valence-electron chi connectivity index (χ4n) is 1.88. The van der Waals surface area contributed by atoms with Crippen LogP contribution < -0.4 is 9.01 Å². The smallest absolute Gasteiger partial charge is 0.306 e. The van der Waals surface area contributed by atoms with Gasteiger partial charge in [0.15, 0.2) is 0 Å². The Balaban J connectivity index is 2.43. The van der Waals surface area contributed by atoms with Gasteiger partial charge in [-0.15, -0.1) is 0 Å². The van der Waals surface area contributed by atoms with Gasteiger partial charge >= 0.3 is 10.1 Å². The molecule has 1 N–H and O–H groups in total. The molecule has 25 heavy (non-hydrogen) atoms. The zero-order valence-electron chi connectivity index (χ0n) is 13.3. The summed E-state index contributed by atoms with van der Waals surface area (Å²) in [5, 5.41) is 4.47. The Hall–Kier alpha value is -2.10. The molecule has 10 heteroatoms. The van der Waals surface area contributed by atoms with Crippen molar-refractivity contribution in [2.75, 3.05) is 12.5 Å². The van der Waals surface area contributed by atoms with Crippen LogP contribution in [-0.2, 0) is 20.1 Å². The minimum atomic E-state index is -3.63. The molecule has 0 bridgehead atoms. The Morgan fingerprint density at radius 2 is 1.40 bits per heavy atom. The normalized spacial score (nSPS) is 12.7. The summed E-state index contributed by atoms with van der Waals surface area (Å²) in [6.45, 7) is 0. The number of rotatable bonds is 6. The molecule has 2 aromatic carbocycles. The zero-order valence-corrected chi connectivity index (χ0v) is 15.7. The molecule has 7 nitrogen and oxygen atoms in total. The molecule has 0 aromatic heterocycles. The maximum absolute atomic E-state index is 11.3. The quantitative estimate of drug-likeness (QED) is 0.452. The Morgan fingerprint density at radius 1 is 0.920 bits per heavy atom. The third kappa shape index (κ3) is 6.37. The summed E-state index contributed by atoms with van der Waals surface area (Å²) in [5.41, 5.74) is 1.52. The molecule has 0 saturated carbocycles. The topological polar surface area (TPSA) is 102 Å². The van der Waals surface area contributed by atoms with Crippen LogP contribution in [0.5, 0.6) is 5.75 Å². The molecule has 0 saturated heterocycles. The monoisotopic (exact) mass is 402 g/mol. The summed E-state index contributed by atoms with van der Waals surface area (Å²) in [6.07, 6.45) is 1.93. The number of nitrogens with one attached hydrogen (secondary N) is 1. The lowest BCUT2D eigenvalue weighted by molar-refractivity contribution is 0.493. The van der Waals surface area contributed by atoms with E-state index >= 15 is 0 Å². The van der Waals surface area contributed by atoms with Crippen LogP contribution in [0.4, 0.5) is 0 Å². The molecule has 0 aliphatic rings. The molecule has 0 spiro atoms. The van der Waals surface area contributed by atoms with Gasteiger partial charge in [-0.1, -0.05) is 23.7 Å². The molecule has 0 radical (unpaired) electrons. The summed E-state index contributed by atoms with van der Waals surface area (Å²) in [4.78, 5) is 2.09. The molecule has 0 fully saturated rings. The molecule has 2 rings (SSSR count). The molecule has 0 heterocycles. The molecule has 0 aliphatic carbocycles. The lowest BCUT2D eigenvalue weighted by Gasteiger charge is -2.09. The maximum atomic E-state index is 11.3. The lowest BCUT2D eigenvalue weighted by Crippen LogP contribution is -2.19. The number of nitrogens with zero attached hydrogens (tertiary/aromatic N) is 1. The van der Waals surface area contributed by atoms with Gasteiger partial charge in [0.1, 0.15) is 5.75 Å². The molecular formula is C15H15ClN2O5S2. The average Bonchev–Trinajstić information content (AvgIpc) is 2.48. The van der Waals surface area contributed by atoms with E-state index in [4.69, 9.17) is 15.8 Å². The average molecular weight is 403 g/mol. The van der Waals surface area contributed by atoms with Gasteiger partial charge in [-0.25, -0.2) is 13.2 Å². The number of halogens is 1. The highest BCUT2D eigenvalue weighted by molar-refractivity contribution is 7.88. The van der Waals surface area contributed by atoms with Crippen molar-refractivity contribution in [3.05, 3.63) is 64.7 Å². The van der Waals surface area contributed by atoms with Crippen molar-refractivity contribution in [2.45, 2.75) is 0 Å². The molecule has 0 aliphatic heterocycles. The van der Waals surface area contributed by atoms with Gasteiger partial charge in [0.05, 0.1) is 18.2 Å². The lowest BCUT2D eigenvalue weighted by atomic mass is 10.0. The Labute approximate surface area is 151 Å². The van der Waals surface area contributed by atoms with Gasteiger partial charge in [0.2, 0.25) is 10.0 Å². The first-order valence-corrected chi connectivity index (χ1v) is 10.9. The Morgan fingerprint density at radius 3 is 1.84 bits per heavy atom. The van der Waals surface area contributed by atoms with Gasteiger partial charge in [0, 0.05) is 16.1 Å². The predicted molar refractivity (Wildman–Crippen MR) is 97.0 cm³/mol. The SMILES string of the molecule is CS(=O)(=O)NN=C(c1ccc(Cl)cc1)c1ccc(OS(C)(=O)=O)cc1. The second kappa shape index (κ2) is 7.42. The van der Waals surface area contributed by atoms with Crippen LogP contribution in [0.25, 0.3) is 0 Å². The highest BCUT2D eigenvalue weighted by Crippen LogP contribution is 2.18. The molecular weight excluding hydrogens is 388 g/mol. The molecule has 0 atom stereocenters. The largest absolute Gasteiger partial charge is 0.383 e. The number of hydrogen-bond donors (Lipinski definition) is 1. The molecule has 0 unspecified atom stereocenters. The fraction of sp³-hybridized carbons (Fsp3) is 0.133. The van der Waals surface area contributed by atoms with E-state index in [1.165, 1.54) is 12.1 Å². The van der Waals surface area contributed by atoms with Crippen LogP contribution in [0.2, 0.25) is 5.02 Å². The number of benzene rings is 2. The van der Waals surface area contributed by atoms with Crippen molar-refractivity contribution in [1.82, 2.24) is 4.83 Å². The summed E-state index contributed by atoms with van der Waals surface area (Å²) in [6, 6.07) is 12.7. The van der Waals surface area contributed by atoms with Crippen molar-refractivity contribution < 1.29 is 21.0 Å². The van der Waals surface area contributed by atoms with Crippen LogP contribution in [-0.4, -0.2) is 35.1 Å². The van der Waals surface area contributed by atoms with Crippen LogP contribution in [0.3, 0.4) is 0 Å². The van der Waals surface area contributed by atoms with Crippen molar-refractivity contribution in [3.63, 3.8) is 0 Å². The van der Waals surface area contributed by atoms with Crippen LogP contribution in [0.15, 0.2) is 53.6 Å². The van der Waals surface area contributed by atoms with Crippen molar-refractivity contribution >= 4 is 37.5 Å². The zero-order chi connectivity index (χ0) is 18.7. The van der Waals surface area contributed by atoms with E-state index in [0.29, 0.717) is 21.9 Å². The van der Waals surface area contributed by atoms with Gasteiger partial charge in [0.25, 0.3) is 0 Å². The number of sulfonamides is 1. The highest BCUT2D eigenvalue weighted by Gasteiger charge is 2.11. The second-order valence-electron chi connectivity index (χ2n) is 5.14. The van der Waals surface area contributed by atoms with Crippen molar-refractivity contribution in [1.29, 1.82) is 0 Å². The number of hydrogen-bond acceptors (Lipinski definition) is 6. The van der Waals surface area contributed by atoms with Crippen molar-refractivity contribution in [3.8, 4) is 5.75 Å². The third-order valence-electron chi connectivity index (χ3n) is 2.82. The predicted octanol–water partition coefficient (Wildman–Crippen LogP) is 1.98. The van der Waals surface area contributed by atoms with E-state index in [-0.39, 0.29) is 5.75 Å². The third-order valence-corrected chi connectivity index (χ3v) is 3.99. The van der Waals surface area contributed by atoms with E-state index in [0.717, 1.165) is 12.5 Å². The van der Waals surface area contributed by atoms with E-state index in [1.807, 2.05) is 0 Å². The van der Waals surface area contributed by atoms with Crippen LogP contribution in [0, 0.1) is 0 Å². The van der Waals surface area contributed by atoms with Gasteiger partial charge in [-0.3, -0.25) is 0 Å². The maximum Gasteiger partial charge on any atom is 0.306 e. The summed E-state index contributed by atoms with van der Waals surface area (Å²) >= 11 is 5.87. The minimum absolute atomic E-state index is 0.137. The summed E-state index contributed by atoms with van der Waals surface area (Å²) in [7, 11) is -7.18. The van der Waals surface area contributed by atoms with E-state index in [2.05, 4.69) is 9.93 Å². The van der Waals surface area contributed by atoms with E-state index in [9.17, 15) is 16.8 Å². The summed E-state index contributed by atoms with van der Waals surface area (Å²) in [5.74, 6) is 0.137. The first kappa shape index (κ1) is 19.2. The highest BCUT2D eigenvalue weighted by atomic mass is 35.5. The standard InChI is InChI=1S/C15H15ClN2O5S2/c1-24(19,20)18-17-15(11-3-7-13(16)8-4-11)12-5-9-14(10-6-12)23-25(2,21)22/h3-10,18H,1-2H3.